The highest BCUT2D eigenvalue weighted by Gasteiger charge is 2.27. The van der Waals surface area contributed by atoms with E-state index in [0.717, 1.165) is 28.8 Å². The van der Waals surface area contributed by atoms with Gasteiger partial charge < -0.3 is 9.47 Å². The highest BCUT2D eigenvalue weighted by Crippen LogP contribution is 2.20. The van der Waals surface area contributed by atoms with Crippen LogP contribution in [0.3, 0.4) is 0 Å². The van der Waals surface area contributed by atoms with Gasteiger partial charge in [0.15, 0.2) is 5.69 Å². The molecule has 0 saturated carbocycles. The zero-order valence-electron chi connectivity index (χ0n) is 15.6. The number of nitrogens with zero attached hydrogens (tertiary/aromatic N) is 3. The SMILES string of the molecule is COC(=O)c1nn(-c2ccccc2F)c(=O)cc1N(C)C(=O)OC(C)(C)C. The van der Waals surface area contributed by atoms with Gasteiger partial charge in [-0.3, -0.25) is 9.69 Å². The van der Waals surface area contributed by atoms with Gasteiger partial charge in [0.2, 0.25) is 0 Å². The molecule has 27 heavy (non-hydrogen) atoms. The van der Waals surface area contributed by atoms with E-state index >= 15 is 0 Å². The monoisotopic (exact) mass is 377 g/mol. The fraction of sp³-hybridized carbons (Fsp3) is 0.333. The summed E-state index contributed by atoms with van der Waals surface area (Å²) in [5.41, 5.74) is -2.12. The number of hydrogen-bond donors (Lipinski definition) is 0. The largest absolute Gasteiger partial charge is 0.464 e. The van der Waals surface area contributed by atoms with E-state index in [1.807, 2.05) is 0 Å². The summed E-state index contributed by atoms with van der Waals surface area (Å²) in [7, 11) is 2.45. The van der Waals surface area contributed by atoms with Gasteiger partial charge in [0.1, 0.15) is 17.1 Å². The fourth-order valence-corrected chi connectivity index (χ4v) is 2.17. The van der Waals surface area contributed by atoms with Gasteiger partial charge in [-0.05, 0) is 32.9 Å². The van der Waals surface area contributed by atoms with Gasteiger partial charge in [0.25, 0.3) is 5.56 Å². The zero-order valence-corrected chi connectivity index (χ0v) is 15.6. The van der Waals surface area contributed by atoms with Crippen LogP contribution in [0, 0.1) is 5.82 Å². The van der Waals surface area contributed by atoms with Crippen LogP contribution >= 0.6 is 0 Å². The topological polar surface area (TPSA) is 90.7 Å². The number of hydrogen-bond acceptors (Lipinski definition) is 6. The summed E-state index contributed by atoms with van der Waals surface area (Å²) in [6.07, 6.45) is -0.794. The second kappa shape index (κ2) is 7.56. The van der Waals surface area contributed by atoms with Gasteiger partial charge in [-0.1, -0.05) is 12.1 Å². The number of ether oxygens (including phenoxy) is 2. The van der Waals surface area contributed by atoms with Crippen LogP contribution in [0.5, 0.6) is 0 Å². The van der Waals surface area contributed by atoms with Crippen LogP contribution in [-0.4, -0.2) is 41.6 Å². The van der Waals surface area contributed by atoms with Crippen LogP contribution in [-0.2, 0) is 9.47 Å². The number of para-hydroxylation sites is 1. The van der Waals surface area contributed by atoms with E-state index in [1.54, 1.807) is 20.8 Å². The van der Waals surface area contributed by atoms with Crippen molar-refractivity contribution < 1.29 is 23.5 Å². The maximum atomic E-state index is 14.0. The number of aromatic nitrogens is 2. The molecule has 0 N–H and O–H groups in total. The first-order valence-electron chi connectivity index (χ1n) is 7.99. The van der Waals surface area contributed by atoms with Crippen molar-refractivity contribution in [1.29, 1.82) is 0 Å². The predicted molar refractivity (Wildman–Crippen MR) is 95.8 cm³/mol. The molecule has 1 amide bonds. The summed E-state index contributed by atoms with van der Waals surface area (Å²) in [5, 5.41) is 3.91. The second-order valence-corrected chi connectivity index (χ2v) is 6.61. The first-order valence-corrected chi connectivity index (χ1v) is 7.99. The van der Waals surface area contributed by atoms with Gasteiger partial charge in [0.05, 0.1) is 12.8 Å². The molecule has 0 bridgehead atoms. The van der Waals surface area contributed by atoms with Crippen molar-refractivity contribution in [2.75, 3.05) is 19.1 Å². The number of rotatable bonds is 3. The molecule has 8 nitrogen and oxygen atoms in total. The van der Waals surface area contributed by atoms with E-state index < -0.39 is 29.0 Å². The van der Waals surface area contributed by atoms with E-state index in [9.17, 15) is 18.8 Å². The third kappa shape index (κ3) is 4.49. The Bertz CT molecular complexity index is 933. The quantitative estimate of drug-likeness (QED) is 0.764. The number of carbonyl (C=O) groups excluding carboxylic acids is 2. The number of benzene rings is 1. The van der Waals surface area contributed by atoms with Gasteiger partial charge >= 0.3 is 12.1 Å². The van der Waals surface area contributed by atoms with Crippen molar-refractivity contribution in [3.63, 3.8) is 0 Å². The Morgan fingerprint density at radius 2 is 1.85 bits per heavy atom. The Labute approximate surface area is 155 Å². The molecule has 1 aromatic heterocycles. The first-order chi connectivity index (χ1) is 12.5. The molecule has 2 aromatic rings. The Morgan fingerprint density at radius 3 is 2.41 bits per heavy atom. The molecule has 9 heteroatoms. The molecule has 0 spiro atoms. The molecule has 0 unspecified atom stereocenters. The minimum Gasteiger partial charge on any atom is -0.464 e. The summed E-state index contributed by atoms with van der Waals surface area (Å²) in [5.74, 6) is -1.60. The molecule has 0 saturated heterocycles. The minimum absolute atomic E-state index is 0.117. The number of halogens is 1. The smallest absolute Gasteiger partial charge is 0.414 e. The summed E-state index contributed by atoms with van der Waals surface area (Å²) < 4.78 is 24.7. The van der Waals surface area contributed by atoms with Gasteiger partial charge in [-0.25, -0.2) is 14.0 Å². The van der Waals surface area contributed by atoms with Crippen LogP contribution in [0.2, 0.25) is 0 Å². The lowest BCUT2D eigenvalue weighted by molar-refractivity contribution is 0.0584. The molecule has 0 radical (unpaired) electrons. The molecule has 1 heterocycles. The van der Waals surface area contributed by atoms with E-state index in [2.05, 4.69) is 9.84 Å². The van der Waals surface area contributed by atoms with Crippen LogP contribution in [0.4, 0.5) is 14.9 Å². The molecule has 0 fully saturated rings. The molecule has 144 valence electrons. The van der Waals surface area contributed by atoms with Crippen LogP contribution < -0.4 is 10.5 Å². The van der Waals surface area contributed by atoms with E-state index in [-0.39, 0.29) is 17.1 Å². The Morgan fingerprint density at radius 1 is 1.22 bits per heavy atom. The molecule has 1 aromatic carbocycles. The third-order valence-corrected chi connectivity index (χ3v) is 3.40. The molecule has 0 aliphatic rings. The summed E-state index contributed by atoms with van der Waals surface area (Å²) in [4.78, 5) is 37.9. The number of anilines is 1. The maximum Gasteiger partial charge on any atom is 0.414 e. The lowest BCUT2D eigenvalue weighted by Gasteiger charge is -2.25. The second-order valence-electron chi connectivity index (χ2n) is 6.61. The lowest BCUT2D eigenvalue weighted by Crippen LogP contribution is -2.37. The van der Waals surface area contributed by atoms with Crippen LogP contribution in [0.25, 0.3) is 5.69 Å². The molecule has 0 aliphatic carbocycles. The van der Waals surface area contributed by atoms with Gasteiger partial charge in [-0.15, -0.1) is 0 Å². The fourth-order valence-electron chi connectivity index (χ4n) is 2.17. The van der Waals surface area contributed by atoms with Crippen molar-refractivity contribution in [2.45, 2.75) is 26.4 Å². The average Bonchev–Trinajstić information content (AvgIpc) is 2.59. The molecule has 2 rings (SSSR count). The van der Waals surface area contributed by atoms with Crippen molar-refractivity contribution >= 4 is 17.7 Å². The number of carbonyl (C=O) groups is 2. The van der Waals surface area contributed by atoms with Gasteiger partial charge in [-0.2, -0.15) is 9.78 Å². The summed E-state index contributed by atoms with van der Waals surface area (Å²) in [6, 6.07) is 6.46. The standard InChI is InChI=1S/C18H20FN3O5/c1-18(2,3)27-17(25)21(4)13-10-14(23)22(20-15(13)16(24)26-5)12-9-7-6-8-11(12)19/h6-10H,1-5H3. The van der Waals surface area contributed by atoms with Gasteiger partial charge in [0, 0.05) is 13.1 Å². The third-order valence-electron chi connectivity index (χ3n) is 3.40. The molecular formula is C18H20FN3O5. The van der Waals surface area contributed by atoms with E-state index in [0.29, 0.717) is 0 Å². The zero-order chi connectivity index (χ0) is 20.4. The molecule has 0 aliphatic heterocycles. The minimum atomic E-state index is -0.898. The summed E-state index contributed by atoms with van der Waals surface area (Å²) in [6.45, 7) is 5.02. The number of esters is 1. The van der Waals surface area contributed by atoms with E-state index in [1.165, 1.54) is 25.2 Å². The van der Waals surface area contributed by atoms with Crippen molar-refractivity contribution in [1.82, 2.24) is 9.78 Å². The molecular weight excluding hydrogens is 357 g/mol. The Balaban J connectivity index is 2.61. The Kier molecular flexibility index (Phi) is 5.63. The first kappa shape index (κ1) is 20.1. The Hall–Kier alpha value is -3.23. The predicted octanol–water partition coefficient (Wildman–Crippen LogP) is 2.53. The van der Waals surface area contributed by atoms with Crippen molar-refractivity contribution in [3.8, 4) is 5.69 Å². The highest BCUT2D eigenvalue weighted by atomic mass is 19.1. The van der Waals surface area contributed by atoms with Crippen molar-refractivity contribution in [3.05, 3.63) is 52.2 Å². The normalized spacial score (nSPS) is 11.0. The average molecular weight is 377 g/mol. The van der Waals surface area contributed by atoms with E-state index in [4.69, 9.17) is 4.74 Å². The van der Waals surface area contributed by atoms with Crippen molar-refractivity contribution in [2.24, 2.45) is 0 Å². The van der Waals surface area contributed by atoms with Crippen LogP contribution in [0.1, 0.15) is 31.3 Å². The lowest BCUT2D eigenvalue weighted by atomic mass is 10.2. The molecule has 0 atom stereocenters. The number of methoxy groups -OCH3 is 1. The number of amides is 1. The van der Waals surface area contributed by atoms with Crippen LogP contribution in [0.15, 0.2) is 35.1 Å². The summed E-state index contributed by atoms with van der Waals surface area (Å²) >= 11 is 0. The maximum absolute atomic E-state index is 14.0. The highest BCUT2D eigenvalue weighted by molar-refractivity contribution is 5.98.